The van der Waals surface area contributed by atoms with Crippen molar-refractivity contribution in [2.24, 2.45) is 5.10 Å². The van der Waals surface area contributed by atoms with Crippen molar-refractivity contribution in [2.45, 2.75) is 6.92 Å². The highest BCUT2D eigenvalue weighted by molar-refractivity contribution is 6.38. The van der Waals surface area contributed by atoms with Crippen molar-refractivity contribution >= 4 is 35.3 Å². The van der Waals surface area contributed by atoms with E-state index in [4.69, 9.17) is 27.9 Å². The number of rotatable bonds is 6. The van der Waals surface area contributed by atoms with E-state index in [1.54, 1.807) is 24.3 Å². The molecule has 8 heteroatoms. The summed E-state index contributed by atoms with van der Waals surface area (Å²) >= 11 is 12.1. The van der Waals surface area contributed by atoms with Crippen LogP contribution in [0, 0.1) is 0 Å². The summed E-state index contributed by atoms with van der Waals surface area (Å²) in [5.74, 6) is 0.305. The third-order valence-corrected chi connectivity index (χ3v) is 4.28. The van der Waals surface area contributed by atoms with Crippen molar-refractivity contribution in [1.29, 1.82) is 0 Å². The van der Waals surface area contributed by atoms with Crippen LogP contribution in [-0.2, 0) is 0 Å². The largest absolute Gasteiger partial charge is 0.494 e. The molecule has 0 aliphatic heterocycles. The first-order valence-electron chi connectivity index (χ1n) is 8.14. The zero-order valence-electron chi connectivity index (χ0n) is 14.4. The number of hydrazone groups is 1. The lowest BCUT2D eigenvalue weighted by atomic mass is 10.1. The van der Waals surface area contributed by atoms with E-state index in [2.05, 4.69) is 20.7 Å². The molecule has 0 spiro atoms. The molecule has 0 unspecified atom stereocenters. The summed E-state index contributed by atoms with van der Waals surface area (Å²) in [6.07, 6.45) is 1.39. The maximum absolute atomic E-state index is 12.2. The quantitative estimate of drug-likeness (QED) is 0.468. The number of benzene rings is 2. The number of amides is 1. The Kier molecular flexibility index (Phi) is 6.11. The number of nitrogens with one attached hydrogen (secondary N) is 2. The highest BCUT2D eigenvalue weighted by Crippen LogP contribution is 2.23. The van der Waals surface area contributed by atoms with Gasteiger partial charge in [0.2, 0.25) is 0 Å². The molecule has 0 fully saturated rings. The molecule has 0 aliphatic rings. The normalized spacial score (nSPS) is 10.9. The van der Waals surface area contributed by atoms with Crippen LogP contribution in [0.1, 0.15) is 23.0 Å². The van der Waals surface area contributed by atoms with Gasteiger partial charge in [-0.25, -0.2) is 5.43 Å². The van der Waals surface area contributed by atoms with E-state index in [-0.39, 0.29) is 5.69 Å². The second-order valence-corrected chi connectivity index (χ2v) is 6.28. The van der Waals surface area contributed by atoms with Gasteiger partial charge in [0.25, 0.3) is 5.91 Å². The standard InChI is InChI=1S/C19H16Cl2N4O2/c1-2-27-13-6-3-5-12(9-13)17-10-18(24-23-17)19(26)25-22-11-14-15(20)7-4-8-16(14)21/h3-11H,2H2,1H3,(H,23,24)(H,25,26). The number of hydrogen-bond donors (Lipinski definition) is 2. The summed E-state index contributed by atoms with van der Waals surface area (Å²) in [6, 6.07) is 14.2. The van der Waals surface area contributed by atoms with Gasteiger partial charge in [-0.2, -0.15) is 10.2 Å². The molecule has 3 rings (SSSR count). The summed E-state index contributed by atoms with van der Waals surface area (Å²) in [4.78, 5) is 12.2. The van der Waals surface area contributed by atoms with Crippen molar-refractivity contribution in [1.82, 2.24) is 15.6 Å². The molecule has 138 valence electrons. The molecule has 0 bridgehead atoms. The number of ether oxygens (including phenoxy) is 1. The second kappa shape index (κ2) is 8.70. The van der Waals surface area contributed by atoms with E-state index in [9.17, 15) is 4.79 Å². The maximum Gasteiger partial charge on any atom is 0.289 e. The predicted octanol–water partition coefficient (Wildman–Crippen LogP) is 4.55. The molecule has 1 heterocycles. The lowest BCUT2D eigenvalue weighted by molar-refractivity contribution is 0.0950. The monoisotopic (exact) mass is 402 g/mol. The van der Waals surface area contributed by atoms with Crippen LogP contribution in [0.25, 0.3) is 11.3 Å². The SMILES string of the molecule is CCOc1cccc(-c2cc(C(=O)NN=Cc3c(Cl)cccc3Cl)[nH]n2)c1. The minimum atomic E-state index is -0.436. The number of halogens is 2. The Morgan fingerprint density at radius 3 is 2.70 bits per heavy atom. The molecule has 2 N–H and O–H groups in total. The molecule has 0 saturated heterocycles. The fourth-order valence-electron chi connectivity index (χ4n) is 2.35. The highest BCUT2D eigenvalue weighted by atomic mass is 35.5. The average molecular weight is 403 g/mol. The Bertz CT molecular complexity index is 965. The fraction of sp³-hybridized carbons (Fsp3) is 0.105. The Morgan fingerprint density at radius 1 is 1.22 bits per heavy atom. The fourth-order valence-corrected chi connectivity index (χ4v) is 2.84. The van der Waals surface area contributed by atoms with Gasteiger partial charge in [0, 0.05) is 11.1 Å². The van der Waals surface area contributed by atoms with Gasteiger partial charge in [-0.05, 0) is 37.3 Å². The molecule has 1 aromatic heterocycles. The van der Waals surface area contributed by atoms with Crippen LogP contribution in [0.5, 0.6) is 5.75 Å². The van der Waals surface area contributed by atoms with E-state index in [0.717, 1.165) is 11.3 Å². The summed E-state index contributed by atoms with van der Waals surface area (Å²) < 4.78 is 5.48. The van der Waals surface area contributed by atoms with Crippen molar-refractivity contribution in [3.63, 3.8) is 0 Å². The van der Waals surface area contributed by atoms with Crippen LogP contribution in [0.2, 0.25) is 10.0 Å². The first-order chi connectivity index (χ1) is 13.1. The van der Waals surface area contributed by atoms with Crippen molar-refractivity contribution in [3.05, 3.63) is 69.8 Å². The van der Waals surface area contributed by atoms with E-state index < -0.39 is 5.91 Å². The summed E-state index contributed by atoms with van der Waals surface area (Å²) in [5.41, 5.74) is 4.68. The molecule has 1 amide bonds. The molecule has 3 aromatic rings. The third kappa shape index (κ3) is 4.67. The Labute approximate surface area is 166 Å². The van der Waals surface area contributed by atoms with Gasteiger partial charge < -0.3 is 4.74 Å². The van der Waals surface area contributed by atoms with Crippen LogP contribution in [0.4, 0.5) is 0 Å². The van der Waals surface area contributed by atoms with Gasteiger partial charge in [0.1, 0.15) is 11.4 Å². The van der Waals surface area contributed by atoms with Gasteiger partial charge in [-0.3, -0.25) is 9.89 Å². The minimum absolute atomic E-state index is 0.272. The summed E-state index contributed by atoms with van der Waals surface area (Å²) in [6.45, 7) is 2.49. The van der Waals surface area contributed by atoms with Gasteiger partial charge in [0.15, 0.2) is 0 Å². The van der Waals surface area contributed by atoms with Crippen molar-refractivity contribution in [3.8, 4) is 17.0 Å². The molecule has 0 radical (unpaired) electrons. The smallest absolute Gasteiger partial charge is 0.289 e. The summed E-state index contributed by atoms with van der Waals surface area (Å²) in [5, 5.41) is 11.7. The molecule has 2 aromatic carbocycles. The van der Waals surface area contributed by atoms with Crippen LogP contribution < -0.4 is 10.2 Å². The lowest BCUT2D eigenvalue weighted by Crippen LogP contribution is -2.18. The zero-order valence-corrected chi connectivity index (χ0v) is 15.9. The number of aromatic nitrogens is 2. The van der Waals surface area contributed by atoms with E-state index in [1.165, 1.54) is 6.21 Å². The molecular formula is C19H16Cl2N4O2. The number of carbonyl (C=O) groups excluding carboxylic acids is 1. The van der Waals surface area contributed by atoms with Crippen molar-refractivity contribution in [2.75, 3.05) is 6.61 Å². The van der Waals surface area contributed by atoms with Crippen LogP contribution in [0.3, 0.4) is 0 Å². The molecule has 0 aliphatic carbocycles. The zero-order chi connectivity index (χ0) is 19.2. The average Bonchev–Trinajstić information content (AvgIpc) is 3.15. The van der Waals surface area contributed by atoms with Gasteiger partial charge in [-0.1, -0.05) is 41.4 Å². The van der Waals surface area contributed by atoms with Crippen molar-refractivity contribution < 1.29 is 9.53 Å². The van der Waals surface area contributed by atoms with E-state index >= 15 is 0 Å². The Morgan fingerprint density at radius 2 is 1.96 bits per heavy atom. The molecular weight excluding hydrogens is 387 g/mol. The number of hydrogen-bond acceptors (Lipinski definition) is 4. The number of H-pyrrole nitrogens is 1. The highest BCUT2D eigenvalue weighted by Gasteiger charge is 2.11. The van der Waals surface area contributed by atoms with Crippen LogP contribution in [0.15, 0.2) is 53.6 Å². The first-order valence-corrected chi connectivity index (χ1v) is 8.90. The molecule has 6 nitrogen and oxygen atoms in total. The lowest BCUT2D eigenvalue weighted by Gasteiger charge is -2.03. The van der Waals surface area contributed by atoms with E-state index in [1.807, 2.05) is 31.2 Å². The third-order valence-electron chi connectivity index (χ3n) is 3.62. The number of aromatic amines is 1. The van der Waals surface area contributed by atoms with Gasteiger partial charge in [-0.15, -0.1) is 0 Å². The number of carbonyl (C=O) groups is 1. The molecule has 0 atom stereocenters. The van der Waals surface area contributed by atoms with Crippen LogP contribution in [-0.4, -0.2) is 28.9 Å². The van der Waals surface area contributed by atoms with Gasteiger partial charge >= 0.3 is 0 Å². The Balaban J connectivity index is 1.70. The molecule has 27 heavy (non-hydrogen) atoms. The second-order valence-electron chi connectivity index (χ2n) is 5.46. The van der Waals surface area contributed by atoms with E-state index in [0.29, 0.717) is 27.9 Å². The summed E-state index contributed by atoms with van der Waals surface area (Å²) in [7, 11) is 0. The number of nitrogens with zero attached hydrogens (tertiary/aromatic N) is 2. The van der Waals surface area contributed by atoms with Gasteiger partial charge in [0.05, 0.1) is 28.6 Å². The minimum Gasteiger partial charge on any atom is -0.494 e. The molecule has 0 saturated carbocycles. The Hall–Kier alpha value is -2.83. The topological polar surface area (TPSA) is 79.4 Å². The first kappa shape index (κ1) is 18.9. The maximum atomic E-state index is 12.2. The van der Waals surface area contributed by atoms with Crippen LogP contribution >= 0.6 is 23.2 Å². The predicted molar refractivity (Wildman–Crippen MR) is 107 cm³/mol.